The Morgan fingerprint density at radius 2 is 1.96 bits per heavy atom. The highest BCUT2D eigenvalue weighted by atomic mass is 19.1. The summed E-state index contributed by atoms with van der Waals surface area (Å²) in [5.74, 6) is -1.17. The Morgan fingerprint density at radius 1 is 1.29 bits per heavy atom. The predicted octanol–water partition coefficient (Wildman–Crippen LogP) is 3.88. The van der Waals surface area contributed by atoms with Crippen molar-refractivity contribution < 1.29 is 23.2 Å². The lowest BCUT2D eigenvalue weighted by atomic mass is 9.66. The minimum atomic E-state index is -0.667. The van der Waals surface area contributed by atoms with Gasteiger partial charge in [-0.2, -0.15) is 5.10 Å². The van der Waals surface area contributed by atoms with Crippen LogP contribution in [0.15, 0.2) is 30.5 Å². The summed E-state index contributed by atoms with van der Waals surface area (Å²) in [4.78, 5) is 12.3. The maximum absolute atomic E-state index is 13.7. The molecular formula is C20H26BFN2O4. The molecule has 6 nitrogen and oxygen atoms in total. The van der Waals surface area contributed by atoms with Gasteiger partial charge in [0.05, 0.1) is 36.1 Å². The van der Waals surface area contributed by atoms with Crippen LogP contribution in [0, 0.1) is 5.82 Å². The topological polar surface area (TPSA) is 73.4 Å². The summed E-state index contributed by atoms with van der Waals surface area (Å²) in [5.41, 5.74) is 0.888. The average molecular weight is 388 g/mol. The standard InChI is InChI=1S/C20H26BFN2O4/c1-6-26-17(25)11-16(21-27-19(2,3)20(4,5)28-21)15-12-23-24-18(15)13-8-7-9-14(22)10-13/h7-10,12,16H,6,11H2,1-5H3,(H,23,24). The van der Waals surface area contributed by atoms with Crippen molar-refractivity contribution >= 4 is 13.1 Å². The van der Waals surface area contributed by atoms with Gasteiger partial charge in [-0.1, -0.05) is 12.1 Å². The zero-order chi connectivity index (χ0) is 20.5. The largest absolute Gasteiger partial charge is 0.466 e. The number of nitrogens with one attached hydrogen (secondary N) is 1. The second-order valence-corrected chi connectivity index (χ2v) is 7.95. The van der Waals surface area contributed by atoms with E-state index < -0.39 is 24.1 Å². The van der Waals surface area contributed by atoms with Gasteiger partial charge in [0.1, 0.15) is 5.82 Å². The monoisotopic (exact) mass is 388 g/mol. The fourth-order valence-corrected chi connectivity index (χ4v) is 3.26. The van der Waals surface area contributed by atoms with E-state index >= 15 is 0 Å². The molecule has 1 saturated heterocycles. The second kappa shape index (κ2) is 7.68. The molecule has 0 aliphatic carbocycles. The molecule has 0 spiro atoms. The van der Waals surface area contributed by atoms with Gasteiger partial charge < -0.3 is 14.0 Å². The van der Waals surface area contributed by atoms with Crippen LogP contribution in [0.5, 0.6) is 0 Å². The first kappa shape index (κ1) is 20.5. The molecule has 1 aliphatic heterocycles. The molecule has 1 aromatic heterocycles. The Hall–Kier alpha value is -2.19. The number of carbonyl (C=O) groups is 1. The molecular weight excluding hydrogens is 362 g/mol. The minimum absolute atomic E-state index is 0.0620. The second-order valence-electron chi connectivity index (χ2n) is 7.95. The van der Waals surface area contributed by atoms with Crippen molar-refractivity contribution in [2.75, 3.05) is 6.61 Å². The van der Waals surface area contributed by atoms with Gasteiger partial charge in [0, 0.05) is 11.4 Å². The molecule has 1 aromatic carbocycles. The number of rotatable bonds is 6. The number of halogens is 1. The van der Waals surface area contributed by atoms with Crippen LogP contribution in [0.4, 0.5) is 4.39 Å². The SMILES string of the molecule is CCOC(=O)CC(B1OC(C)(C)C(C)(C)O1)c1cn[nH]c1-c1cccc(F)c1. The van der Waals surface area contributed by atoms with Gasteiger partial charge in [-0.3, -0.25) is 9.89 Å². The molecule has 1 unspecified atom stereocenters. The summed E-state index contributed by atoms with van der Waals surface area (Å²) in [5, 5.41) is 7.06. The van der Waals surface area contributed by atoms with Crippen molar-refractivity contribution in [1.29, 1.82) is 0 Å². The zero-order valence-corrected chi connectivity index (χ0v) is 16.9. The maximum atomic E-state index is 13.7. The quantitative estimate of drug-likeness (QED) is 0.601. The number of aromatic amines is 1. The molecule has 1 aliphatic rings. The smallest absolute Gasteiger partial charge is 0.466 e. The molecule has 8 heteroatoms. The van der Waals surface area contributed by atoms with E-state index in [0.29, 0.717) is 11.3 Å². The van der Waals surface area contributed by atoms with Crippen LogP contribution in [0.25, 0.3) is 11.3 Å². The van der Waals surface area contributed by atoms with E-state index in [9.17, 15) is 9.18 Å². The molecule has 3 rings (SSSR count). The van der Waals surface area contributed by atoms with E-state index in [1.807, 2.05) is 27.7 Å². The highest BCUT2D eigenvalue weighted by Crippen LogP contribution is 2.43. The molecule has 1 N–H and O–H groups in total. The van der Waals surface area contributed by atoms with Gasteiger partial charge >= 0.3 is 13.1 Å². The lowest BCUT2D eigenvalue weighted by molar-refractivity contribution is -0.143. The van der Waals surface area contributed by atoms with Crippen LogP contribution in [-0.4, -0.2) is 41.1 Å². The molecule has 2 aromatic rings. The minimum Gasteiger partial charge on any atom is -0.466 e. The number of esters is 1. The highest BCUT2D eigenvalue weighted by Gasteiger charge is 2.54. The Kier molecular flexibility index (Phi) is 5.63. The number of hydrogen-bond donors (Lipinski definition) is 1. The number of nitrogens with zero attached hydrogens (tertiary/aromatic N) is 1. The molecule has 0 saturated carbocycles. The van der Waals surface area contributed by atoms with Gasteiger partial charge in [0.2, 0.25) is 0 Å². The molecule has 2 heterocycles. The molecule has 150 valence electrons. The first-order chi connectivity index (χ1) is 13.1. The van der Waals surface area contributed by atoms with E-state index in [2.05, 4.69) is 10.2 Å². The number of ether oxygens (including phenoxy) is 1. The van der Waals surface area contributed by atoms with Crippen LogP contribution >= 0.6 is 0 Å². The van der Waals surface area contributed by atoms with Gasteiger partial charge in [0.25, 0.3) is 0 Å². The van der Waals surface area contributed by atoms with Gasteiger partial charge in [-0.25, -0.2) is 4.39 Å². The number of benzene rings is 1. The average Bonchev–Trinajstić information content (AvgIpc) is 3.15. The molecule has 0 bridgehead atoms. The number of carbonyl (C=O) groups excluding carboxylic acids is 1. The molecule has 1 fully saturated rings. The van der Waals surface area contributed by atoms with Crippen LogP contribution in [0.1, 0.15) is 52.4 Å². The van der Waals surface area contributed by atoms with Crippen molar-refractivity contribution in [2.24, 2.45) is 0 Å². The van der Waals surface area contributed by atoms with Gasteiger partial charge in [-0.05, 0) is 52.3 Å². The molecule has 28 heavy (non-hydrogen) atoms. The van der Waals surface area contributed by atoms with E-state index in [1.54, 1.807) is 25.3 Å². The molecule has 0 amide bonds. The van der Waals surface area contributed by atoms with Crippen molar-refractivity contribution in [2.45, 2.75) is 58.1 Å². The number of aromatic nitrogens is 2. The third kappa shape index (κ3) is 3.98. The van der Waals surface area contributed by atoms with Crippen molar-refractivity contribution in [3.8, 4) is 11.3 Å². The summed E-state index contributed by atoms with van der Waals surface area (Å²) < 4.78 is 31.3. The summed E-state index contributed by atoms with van der Waals surface area (Å²) in [6, 6.07) is 6.21. The summed E-state index contributed by atoms with van der Waals surface area (Å²) in [6.07, 6.45) is 1.70. The lowest BCUT2D eigenvalue weighted by Crippen LogP contribution is -2.41. The van der Waals surface area contributed by atoms with Crippen LogP contribution in [0.3, 0.4) is 0 Å². The fraction of sp³-hybridized carbons (Fsp3) is 0.500. The first-order valence-electron chi connectivity index (χ1n) is 9.45. The molecule has 0 radical (unpaired) electrons. The fourth-order valence-electron chi connectivity index (χ4n) is 3.26. The van der Waals surface area contributed by atoms with Crippen LogP contribution in [0.2, 0.25) is 0 Å². The van der Waals surface area contributed by atoms with Crippen LogP contribution in [-0.2, 0) is 18.8 Å². The lowest BCUT2D eigenvalue weighted by Gasteiger charge is -2.32. The first-order valence-corrected chi connectivity index (χ1v) is 9.45. The Morgan fingerprint density at radius 3 is 2.57 bits per heavy atom. The zero-order valence-electron chi connectivity index (χ0n) is 16.9. The van der Waals surface area contributed by atoms with E-state index in [4.69, 9.17) is 14.0 Å². The van der Waals surface area contributed by atoms with Crippen LogP contribution < -0.4 is 0 Å². The predicted molar refractivity (Wildman–Crippen MR) is 104 cm³/mol. The Labute approximate surface area is 164 Å². The van der Waals surface area contributed by atoms with E-state index in [-0.39, 0.29) is 24.8 Å². The van der Waals surface area contributed by atoms with Crippen molar-refractivity contribution in [3.05, 3.63) is 41.8 Å². The van der Waals surface area contributed by atoms with Gasteiger partial charge in [-0.15, -0.1) is 0 Å². The van der Waals surface area contributed by atoms with E-state index in [1.165, 1.54) is 12.1 Å². The molecule has 1 atom stereocenters. The number of H-pyrrole nitrogens is 1. The highest BCUT2D eigenvalue weighted by molar-refractivity contribution is 6.48. The summed E-state index contributed by atoms with van der Waals surface area (Å²) >= 11 is 0. The summed E-state index contributed by atoms with van der Waals surface area (Å²) in [7, 11) is -0.667. The van der Waals surface area contributed by atoms with Crippen molar-refractivity contribution in [3.63, 3.8) is 0 Å². The van der Waals surface area contributed by atoms with Crippen molar-refractivity contribution in [1.82, 2.24) is 10.2 Å². The Bertz CT molecular complexity index is 836. The third-order valence-electron chi connectivity index (χ3n) is 5.47. The van der Waals surface area contributed by atoms with E-state index in [0.717, 1.165) is 5.56 Å². The summed E-state index contributed by atoms with van der Waals surface area (Å²) in [6.45, 7) is 9.87. The third-order valence-corrected chi connectivity index (χ3v) is 5.47. The van der Waals surface area contributed by atoms with Gasteiger partial charge in [0.15, 0.2) is 0 Å². The normalized spacial score (nSPS) is 18.9. The maximum Gasteiger partial charge on any atom is 0.466 e. The number of hydrogen-bond acceptors (Lipinski definition) is 5. The Balaban J connectivity index is 1.99.